The second kappa shape index (κ2) is 5.25. The van der Waals surface area contributed by atoms with Crippen molar-refractivity contribution in [1.82, 2.24) is 9.97 Å². The molecule has 0 bridgehead atoms. The Morgan fingerprint density at radius 1 is 1.11 bits per heavy atom. The van der Waals surface area contributed by atoms with E-state index < -0.39 is 0 Å². The van der Waals surface area contributed by atoms with Gasteiger partial charge in [0.2, 0.25) is 5.28 Å². The quantitative estimate of drug-likeness (QED) is 0.847. The van der Waals surface area contributed by atoms with Gasteiger partial charge in [-0.05, 0) is 43.5 Å². The van der Waals surface area contributed by atoms with Gasteiger partial charge in [0.15, 0.2) is 0 Å². The van der Waals surface area contributed by atoms with E-state index in [-0.39, 0.29) is 11.0 Å². The highest BCUT2D eigenvalue weighted by molar-refractivity contribution is 6.28. The molecule has 0 saturated heterocycles. The largest absolute Gasteiger partial charge is 0.340 e. The second-order valence-electron chi connectivity index (χ2n) is 4.42. The van der Waals surface area contributed by atoms with Crippen molar-refractivity contribution in [2.24, 2.45) is 0 Å². The van der Waals surface area contributed by atoms with E-state index in [0.29, 0.717) is 5.82 Å². The molecule has 2 rings (SSSR count). The summed E-state index contributed by atoms with van der Waals surface area (Å²) < 4.78 is 0. The molecule has 0 radical (unpaired) electrons. The molecule has 0 aliphatic rings. The average molecular weight is 273 g/mol. The van der Waals surface area contributed by atoms with Crippen LogP contribution in [0.4, 0.5) is 11.5 Å². The third-order valence-corrected chi connectivity index (χ3v) is 2.91. The smallest absolute Gasteiger partial charge is 0.225 e. The fraction of sp³-hybridized carbons (Fsp3) is 0.214. The molecule has 2 aromatic rings. The molecule has 0 amide bonds. The highest BCUT2D eigenvalue weighted by Gasteiger charge is 2.07. The van der Waals surface area contributed by atoms with Crippen molar-refractivity contribution in [2.75, 3.05) is 5.32 Å². The standard InChI is InChI=1S/C14H13ClN4/c1-8-4-9(2)13(10(3)5-8)18-12-6-11(7-16)17-14(15)19-12/h4-6H,1-3H3,(H,17,18,19). The van der Waals surface area contributed by atoms with Crippen LogP contribution in [0, 0.1) is 32.1 Å². The number of aryl methyl sites for hydroxylation is 3. The van der Waals surface area contributed by atoms with E-state index in [1.165, 1.54) is 5.56 Å². The molecule has 0 saturated carbocycles. The first kappa shape index (κ1) is 13.3. The van der Waals surface area contributed by atoms with Gasteiger partial charge in [-0.15, -0.1) is 0 Å². The van der Waals surface area contributed by atoms with Crippen LogP contribution in [0.5, 0.6) is 0 Å². The van der Waals surface area contributed by atoms with Crippen molar-refractivity contribution >= 4 is 23.1 Å². The summed E-state index contributed by atoms with van der Waals surface area (Å²) in [4.78, 5) is 7.88. The minimum Gasteiger partial charge on any atom is -0.340 e. The summed E-state index contributed by atoms with van der Waals surface area (Å²) in [5, 5.41) is 12.1. The van der Waals surface area contributed by atoms with Crippen LogP contribution < -0.4 is 5.32 Å². The molecule has 1 aromatic carbocycles. The van der Waals surface area contributed by atoms with Crippen LogP contribution in [-0.2, 0) is 0 Å². The van der Waals surface area contributed by atoms with E-state index in [2.05, 4.69) is 34.3 Å². The number of nitriles is 1. The fourth-order valence-corrected chi connectivity index (χ4v) is 2.23. The molecule has 4 nitrogen and oxygen atoms in total. The van der Waals surface area contributed by atoms with Crippen molar-refractivity contribution in [1.29, 1.82) is 5.26 Å². The Labute approximate surface area is 117 Å². The molecule has 1 heterocycles. The van der Waals surface area contributed by atoms with Crippen molar-refractivity contribution < 1.29 is 0 Å². The molecular weight excluding hydrogens is 260 g/mol. The lowest BCUT2D eigenvalue weighted by Crippen LogP contribution is -2.01. The van der Waals surface area contributed by atoms with Gasteiger partial charge in [0.1, 0.15) is 17.6 Å². The van der Waals surface area contributed by atoms with Gasteiger partial charge in [-0.1, -0.05) is 17.7 Å². The fourth-order valence-electron chi connectivity index (χ4n) is 2.04. The number of anilines is 2. The summed E-state index contributed by atoms with van der Waals surface area (Å²) in [6.45, 7) is 6.10. The van der Waals surface area contributed by atoms with Crippen LogP contribution in [0.2, 0.25) is 5.28 Å². The van der Waals surface area contributed by atoms with E-state index >= 15 is 0 Å². The maximum atomic E-state index is 8.87. The van der Waals surface area contributed by atoms with Gasteiger partial charge in [0, 0.05) is 11.8 Å². The topological polar surface area (TPSA) is 61.6 Å². The van der Waals surface area contributed by atoms with E-state index in [9.17, 15) is 0 Å². The first-order valence-electron chi connectivity index (χ1n) is 5.79. The molecule has 96 valence electrons. The minimum absolute atomic E-state index is 0.0592. The average Bonchev–Trinajstić information content (AvgIpc) is 2.33. The number of nitrogens with zero attached hydrogens (tertiary/aromatic N) is 3. The lowest BCUT2D eigenvalue weighted by Gasteiger charge is -2.13. The van der Waals surface area contributed by atoms with Crippen LogP contribution in [-0.4, -0.2) is 9.97 Å². The molecular formula is C14H13ClN4. The van der Waals surface area contributed by atoms with Crippen molar-refractivity contribution in [3.8, 4) is 6.07 Å². The summed E-state index contributed by atoms with van der Waals surface area (Å²) in [6, 6.07) is 7.70. The van der Waals surface area contributed by atoms with Gasteiger partial charge in [0.05, 0.1) is 0 Å². The SMILES string of the molecule is Cc1cc(C)c(Nc2cc(C#N)nc(Cl)n2)c(C)c1. The zero-order valence-corrected chi connectivity index (χ0v) is 11.7. The lowest BCUT2D eigenvalue weighted by molar-refractivity contribution is 1.14. The van der Waals surface area contributed by atoms with Crippen molar-refractivity contribution in [3.63, 3.8) is 0 Å². The van der Waals surface area contributed by atoms with Crippen LogP contribution in [0.25, 0.3) is 0 Å². The van der Waals surface area contributed by atoms with Gasteiger partial charge < -0.3 is 5.32 Å². The van der Waals surface area contributed by atoms with Gasteiger partial charge in [-0.2, -0.15) is 5.26 Å². The number of benzene rings is 1. The van der Waals surface area contributed by atoms with Crippen LogP contribution in [0.3, 0.4) is 0 Å². The second-order valence-corrected chi connectivity index (χ2v) is 4.76. The van der Waals surface area contributed by atoms with Crippen molar-refractivity contribution in [2.45, 2.75) is 20.8 Å². The zero-order valence-electron chi connectivity index (χ0n) is 11.0. The van der Waals surface area contributed by atoms with E-state index in [4.69, 9.17) is 16.9 Å². The Bertz CT molecular complexity index is 651. The maximum Gasteiger partial charge on any atom is 0.225 e. The summed E-state index contributed by atoms with van der Waals surface area (Å²) >= 11 is 5.79. The molecule has 1 N–H and O–H groups in total. The van der Waals surface area contributed by atoms with E-state index in [1.807, 2.05) is 19.9 Å². The van der Waals surface area contributed by atoms with Crippen LogP contribution in [0.1, 0.15) is 22.4 Å². The number of nitrogens with one attached hydrogen (secondary N) is 1. The first-order chi connectivity index (χ1) is 8.99. The molecule has 0 aliphatic heterocycles. The summed E-state index contributed by atoms with van der Waals surface area (Å²) in [7, 11) is 0. The number of aromatic nitrogens is 2. The highest BCUT2D eigenvalue weighted by atomic mass is 35.5. The molecule has 0 spiro atoms. The van der Waals surface area contributed by atoms with Crippen LogP contribution >= 0.6 is 11.6 Å². The third kappa shape index (κ3) is 3.01. The molecule has 0 atom stereocenters. The third-order valence-electron chi connectivity index (χ3n) is 2.74. The van der Waals surface area contributed by atoms with Gasteiger partial charge in [0.25, 0.3) is 0 Å². The molecule has 1 aromatic heterocycles. The summed E-state index contributed by atoms with van der Waals surface area (Å²) in [5.74, 6) is 0.520. The van der Waals surface area contributed by atoms with Crippen molar-refractivity contribution in [3.05, 3.63) is 45.9 Å². The lowest BCUT2D eigenvalue weighted by atomic mass is 10.1. The monoisotopic (exact) mass is 272 g/mol. The van der Waals surface area contributed by atoms with Gasteiger partial charge in [-0.3, -0.25) is 0 Å². The number of hydrogen-bond acceptors (Lipinski definition) is 4. The molecule has 19 heavy (non-hydrogen) atoms. The summed E-state index contributed by atoms with van der Waals surface area (Å²) in [6.07, 6.45) is 0. The molecule has 0 aliphatic carbocycles. The zero-order chi connectivity index (χ0) is 14.0. The van der Waals surface area contributed by atoms with Crippen LogP contribution in [0.15, 0.2) is 18.2 Å². The Hall–Kier alpha value is -2.12. The number of halogens is 1. The van der Waals surface area contributed by atoms with Gasteiger partial charge >= 0.3 is 0 Å². The first-order valence-corrected chi connectivity index (χ1v) is 6.17. The normalized spacial score (nSPS) is 10.1. The Kier molecular flexibility index (Phi) is 3.68. The molecule has 0 unspecified atom stereocenters. The van der Waals surface area contributed by atoms with Gasteiger partial charge in [-0.25, -0.2) is 9.97 Å². The summed E-state index contributed by atoms with van der Waals surface area (Å²) in [5.41, 5.74) is 4.66. The maximum absolute atomic E-state index is 8.87. The highest BCUT2D eigenvalue weighted by Crippen LogP contribution is 2.25. The predicted molar refractivity (Wildman–Crippen MR) is 75.7 cm³/mol. The Morgan fingerprint density at radius 2 is 1.74 bits per heavy atom. The van der Waals surface area contributed by atoms with E-state index in [0.717, 1.165) is 16.8 Å². The number of hydrogen-bond donors (Lipinski definition) is 1. The Morgan fingerprint density at radius 3 is 2.32 bits per heavy atom. The Balaban J connectivity index is 2.42. The minimum atomic E-state index is 0.0592. The molecule has 0 fully saturated rings. The molecule has 5 heteroatoms. The number of rotatable bonds is 2. The van der Waals surface area contributed by atoms with E-state index in [1.54, 1.807) is 6.07 Å². The predicted octanol–water partition coefficient (Wildman–Crippen LogP) is 3.67.